The maximum atomic E-state index is 13.9. The molecule has 0 amide bonds. The van der Waals surface area contributed by atoms with Crippen molar-refractivity contribution in [1.82, 2.24) is 0 Å². The molecule has 0 radical (unpaired) electrons. The van der Waals surface area contributed by atoms with Gasteiger partial charge in [-0.15, -0.1) is 0 Å². The van der Waals surface area contributed by atoms with E-state index in [2.05, 4.69) is 0 Å². The molecule has 0 unspecified atom stereocenters. The third-order valence-electron chi connectivity index (χ3n) is 3.85. The van der Waals surface area contributed by atoms with Crippen molar-refractivity contribution in [3.8, 4) is 0 Å². The summed E-state index contributed by atoms with van der Waals surface area (Å²) in [5.74, 6) is -1.69. The summed E-state index contributed by atoms with van der Waals surface area (Å²) in [6, 6.07) is 7.47. The molecule has 3 heteroatoms. The van der Waals surface area contributed by atoms with E-state index in [-0.39, 0.29) is 11.1 Å². The number of hydrogen-bond acceptors (Lipinski definition) is 1. The second-order valence-electron chi connectivity index (χ2n) is 5.25. The van der Waals surface area contributed by atoms with Crippen LogP contribution in [0, 0.1) is 18.6 Å². The van der Waals surface area contributed by atoms with Crippen molar-refractivity contribution in [2.75, 3.05) is 0 Å². The molecule has 2 aromatic rings. The molecule has 20 heavy (non-hydrogen) atoms. The van der Waals surface area contributed by atoms with Crippen LogP contribution in [0.3, 0.4) is 0 Å². The molecule has 0 aromatic heterocycles. The molecule has 0 fully saturated rings. The van der Waals surface area contributed by atoms with Gasteiger partial charge in [-0.25, -0.2) is 8.78 Å². The lowest BCUT2D eigenvalue weighted by atomic mass is 9.98. The molecule has 102 valence electrons. The van der Waals surface area contributed by atoms with Crippen LogP contribution in [0.5, 0.6) is 0 Å². The average molecular weight is 272 g/mol. The van der Waals surface area contributed by atoms with Crippen LogP contribution in [0.15, 0.2) is 30.3 Å². The first kappa shape index (κ1) is 13.0. The summed E-state index contributed by atoms with van der Waals surface area (Å²) in [5, 5.41) is 0. The lowest BCUT2D eigenvalue weighted by Crippen LogP contribution is -2.06. The first-order valence-electron chi connectivity index (χ1n) is 6.68. The van der Waals surface area contributed by atoms with Crippen LogP contribution in [0.4, 0.5) is 8.78 Å². The lowest BCUT2D eigenvalue weighted by Gasteiger charge is -2.07. The van der Waals surface area contributed by atoms with Crippen LogP contribution >= 0.6 is 0 Å². The van der Waals surface area contributed by atoms with Crippen LogP contribution in [-0.2, 0) is 12.8 Å². The molecule has 3 rings (SSSR count). The number of aryl methyl sites for hydroxylation is 3. The van der Waals surface area contributed by atoms with Crippen molar-refractivity contribution in [2.45, 2.75) is 26.2 Å². The van der Waals surface area contributed by atoms with E-state index >= 15 is 0 Å². The highest BCUT2D eigenvalue weighted by molar-refractivity contribution is 6.09. The highest BCUT2D eigenvalue weighted by Gasteiger charge is 2.19. The zero-order valence-electron chi connectivity index (χ0n) is 11.2. The molecular weight excluding hydrogens is 258 g/mol. The van der Waals surface area contributed by atoms with Crippen molar-refractivity contribution in [3.63, 3.8) is 0 Å². The summed E-state index contributed by atoms with van der Waals surface area (Å²) < 4.78 is 27.4. The minimum absolute atomic E-state index is 0.202. The first-order valence-corrected chi connectivity index (χ1v) is 6.68. The van der Waals surface area contributed by atoms with Gasteiger partial charge in [0.15, 0.2) is 5.78 Å². The summed E-state index contributed by atoms with van der Waals surface area (Å²) >= 11 is 0. The zero-order chi connectivity index (χ0) is 14.3. The molecule has 0 bridgehead atoms. The Balaban J connectivity index is 2.03. The average Bonchev–Trinajstić information content (AvgIpc) is 2.89. The first-order chi connectivity index (χ1) is 9.56. The Bertz CT molecular complexity index is 704. The summed E-state index contributed by atoms with van der Waals surface area (Å²) in [7, 11) is 0. The minimum Gasteiger partial charge on any atom is -0.288 e. The number of benzene rings is 2. The van der Waals surface area contributed by atoms with Crippen LogP contribution < -0.4 is 0 Å². The van der Waals surface area contributed by atoms with Crippen molar-refractivity contribution in [2.24, 2.45) is 0 Å². The van der Waals surface area contributed by atoms with Gasteiger partial charge in [-0.1, -0.05) is 12.1 Å². The molecule has 0 aliphatic heterocycles. The van der Waals surface area contributed by atoms with Gasteiger partial charge >= 0.3 is 0 Å². The molecule has 2 aromatic carbocycles. The third-order valence-corrected chi connectivity index (χ3v) is 3.85. The number of rotatable bonds is 2. The Kier molecular flexibility index (Phi) is 3.13. The van der Waals surface area contributed by atoms with Crippen LogP contribution in [-0.4, -0.2) is 5.78 Å². The smallest absolute Gasteiger partial charge is 0.196 e. The van der Waals surface area contributed by atoms with E-state index in [1.165, 1.54) is 12.5 Å². The zero-order valence-corrected chi connectivity index (χ0v) is 11.2. The SMILES string of the molecule is Cc1cc(F)c(C(=O)c2ccc3c(c2)CCC3)cc1F. The molecule has 1 aliphatic rings. The molecule has 1 nitrogen and oxygen atoms in total. The van der Waals surface area contributed by atoms with Crippen LogP contribution in [0.2, 0.25) is 0 Å². The highest BCUT2D eigenvalue weighted by atomic mass is 19.1. The number of ketones is 1. The van der Waals surface area contributed by atoms with Crippen molar-refractivity contribution in [1.29, 1.82) is 0 Å². The largest absolute Gasteiger partial charge is 0.288 e. The Morgan fingerprint density at radius 3 is 2.55 bits per heavy atom. The maximum absolute atomic E-state index is 13.9. The van der Waals surface area contributed by atoms with Gasteiger partial charge in [0.2, 0.25) is 0 Å². The Hall–Kier alpha value is -2.03. The van der Waals surface area contributed by atoms with E-state index in [1.54, 1.807) is 6.07 Å². The van der Waals surface area contributed by atoms with Gasteiger partial charge in [0, 0.05) is 5.56 Å². The van der Waals surface area contributed by atoms with E-state index in [0.29, 0.717) is 5.56 Å². The molecule has 0 saturated heterocycles. The van der Waals surface area contributed by atoms with E-state index in [4.69, 9.17) is 0 Å². The minimum atomic E-state index is -0.672. The van der Waals surface area contributed by atoms with Gasteiger partial charge in [-0.05, 0) is 61.1 Å². The highest BCUT2D eigenvalue weighted by Crippen LogP contribution is 2.25. The number of carbonyl (C=O) groups excluding carboxylic acids is 1. The second-order valence-corrected chi connectivity index (χ2v) is 5.25. The fourth-order valence-electron chi connectivity index (χ4n) is 2.69. The lowest BCUT2D eigenvalue weighted by molar-refractivity contribution is 0.103. The molecule has 0 heterocycles. The summed E-state index contributed by atoms with van der Waals surface area (Å²) in [6.07, 6.45) is 3.05. The fraction of sp³-hybridized carbons (Fsp3) is 0.235. The van der Waals surface area contributed by atoms with Gasteiger partial charge in [0.05, 0.1) is 5.56 Å². The monoisotopic (exact) mass is 272 g/mol. The standard InChI is InChI=1S/C17H14F2O/c1-10-7-16(19)14(9-15(10)18)17(20)13-6-5-11-3-2-4-12(11)8-13/h5-9H,2-4H2,1H3. The fourth-order valence-corrected chi connectivity index (χ4v) is 2.69. The van der Waals surface area contributed by atoms with E-state index in [0.717, 1.165) is 37.0 Å². The number of fused-ring (bicyclic) bond motifs is 1. The number of carbonyl (C=O) groups is 1. The van der Waals surface area contributed by atoms with Crippen LogP contribution in [0.1, 0.15) is 39.0 Å². The van der Waals surface area contributed by atoms with Crippen molar-refractivity contribution < 1.29 is 13.6 Å². The van der Waals surface area contributed by atoms with Gasteiger partial charge in [0.25, 0.3) is 0 Å². The normalized spacial score (nSPS) is 13.3. The molecule has 0 spiro atoms. The molecule has 0 N–H and O–H groups in total. The topological polar surface area (TPSA) is 17.1 Å². The quantitative estimate of drug-likeness (QED) is 0.755. The predicted molar refractivity (Wildman–Crippen MR) is 73.0 cm³/mol. The van der Waals surface area contributed by atoms with Gasteiger partial charge in [0.1, 0.15) is 11.6 Å². The summed E-state index contributed by atoms with van der Waals surface area (Å²) in [6.45, 7) is 1.47. The van der Waals surface area contributed by atoms with E-state index < -0.39 is 17.4 Å². The van der Waals surface area contributed by atoms with E-state index in [9.17, 15) is 13.6 Å². The Labute approximate surface area is 116 Å². The van der Waals surface area contributed by atoms with Gasteiger partial charge < -0.3 is 0 Å². The summed E-state index contributed by atoms with van der Waals surface area (Å²) in [5.41, 5.74) is 2.81. The van der Waals surface area contributed by atoms with Crippen LogP contribution in [0.25, 0.3) is 0 Å². The predicted octanol–water partition coefficient (Wildman–Crippen LogP) is 3.99. The molecule has 0 saturated carbocycles. The van der Waals surface area contributed by atoms with Crippen molar-refractivity contribution in [3.05, 3.63) is 69.8 Å². The van der Waals surface area contributed by atoms with Crippen molar-refractivity contribution >= 4 is 5.78 Å². The molecule has 0 atom stereocenters. The molecular formula is C17H14F2O. The van der Waals surface area contributed by atoms with E-state index in [1.807, 2.05) is 12.1 Å². The third kappa shape index (κ3) is 2.13. The molecule has 1 aliphatic carbocycles. The second kappa shape index (κ2) is 4.82. The van der Waals surface area contributed by atoms with Gasteiger partial charge in [-0.2, -0.15) is 0 Å². The number of halogens is 2. The Morgan fingerprint density at radius 2 is 1.75 bits per heavy atom. The summed E-state index contributed by atoms with van der Waals surface area (Å²) in [4.78, 5) is 12.3. The Morgan fingerprint density at radius 1 is 1.00 bits per heavy atom. The number of hydrogen-bond donors (Lipinski definition) is 0. The maximum Gasteiger partial charge on any atom is 0.196 e. The van der Waals surface area contributed by atoms with Gasteiger partial charge in [-0.3, -0.25) is 4.79 Å².